The first-order valence-corrected chi connectivity index (χ1v) is 9.02. The van der Waals surface area contributed by atoms with Crippen LogP contribution in [-0.4, -0.2) is 61.0 Å². The van der Waals surface area contributed by atoms with Crippen molar-refractivity contribution in [1.29, 1.82) is 0 Å². The summed E-state index contributed by atoms with van der Waals surface area (Å²) in [6.07, 6.45) is 3.14. The topological polar surface area (TPSA) is 64.7 Å². The number of likely N-dealkylation sites (N-methyl/N-ethyl adjacent to an activating group) is 1. The normalized spacial score (nSPS) is 15.4. The lowest BCUT2D eigenvalue weighted by molar-refractivity contribution is 0.0773. The average molecular weight is 346 g/mol. The average Bonchev–Trinajstić information content (AvgIpc) is 2.53. The van der Waals surface area contributed by atoms with Crippen molar-refractivity contribution >= 4 is 17.6 Å². The second kappa shape index (κ2) is 8.34. The lowest BCUT2D eigenvalue weighted by Crippen LogP contribution is -2.59. The molecule has 0 radical (unpaired) electrons. The summed E-state index contributed by atoms with van der Waals surface area (Å²) >= 11 is 0. The zero-order valence-corrected chi connectivity index (χ0v) is 15.8. The lowest BCUT2D eigenvalue weighted by Gasteiger charge is -2.44. The maximum atomic E-state index is 12.4. The molecule has 2 N–H and O–H groups in total. The predicted molar refractivity (Wildman–Crippen MR) is 101 cm³/mol. The highest BCUT2D eigenvalue weighted by atomic mass is 16.2. The number of carbonyl (C=O) groups is 2. The monoisotopic (exact) mass is 346 g/mol. The first kappa shape index (κ1) is 19.2. The number of hydrogen-bond acceptors (Lipinski definition) is 3. The Labute approximate surface area is 150 Å². The molecule has 1 aliphatic carbocycles. The molecule has 1 aromatic rings. The Morgan fingerprint density at radius 3 is 2.36 bits per heavy atom. The van der Waals surface area contributed by atoms with Gasteiger partial charge >= 0.3 is 6.03 Å². The van der Waals surface area contributed by atoms with Gasteiger partial charge in [-0.2, -0.15) is 0 Å². The quantitative estimate of drug-likeness (QED) is 0.798. The van der Waals surface area contributed by atoms with Gasteiger partial charge in [-0.3, -0.25) is 4.79 Å². The fourth-order valence-corrected chi connectivity index (χ4v) is 3.36. The van der Waals surface area contributed by atoms with Crippen molar-refractivity contribution in [2.75, 3.05) is 39.0 Å². The molecule has 3 amide bonds. The molecule has 2 rings (SSSR count). The largest absolute Gasteiger partial charge is 0.339 e. The van der Waals surface area contributed by atoms with Gasteiger partial charge in [-0.15, -0.1) is 0 Å². The Balaban J connectivity index is 2.01. The summed E-state index contributed by atoms with van der Waals surface area (Å²) in [5.74, 6) is -0.0165. The second-order valence-corrected chi connectivity index (χ2v) is 7.01. The molecule has 6 heteroatoms. The van der Waals surface area contributed by atoms with E-state index in [4.69, 9.17) is 0 Å². The minimum absolute atomic E-state index is 0.0165. The van der Waals surface area contributed by atoms with E-state index >= 15 is 0 Å². The van der Waals surface area contributed by atoms with E-state index in [2.05, 4.69) is 15.5 Å². The molecule has 138 valence electrons. The van der Waals surface area contributed by atoms with Gasteiger partial charge in [-0.1, -0.05) is 6.07 Å². The number of rotatable bonds is 7. The molecule has 0 spiro atoms. The number of amides is 3. The number of carbonyl (C=O) groups excluding carboxylic acids is 2. The van der Waals surface area contributed by atoms with Crippen molar-refractivity contribution in [1.82, 2.24) is 15.1 Å². The summed E-state index contributed by atoms with van der Waals surface area (Å²) < 4.78 is 0. The van der Waals surface area contributed by atoms with E-state index in [-0.39, 0.29) is 17.5 Å². The van der Waals surface area contributed by atoms with E-state index < -0.39 is 0 Å². The summed E-state index contributed by atoms with van der Waals surface area (Å²) in [6, 6.07) is 6.90. The molecule has 0 bridgehead atoms. The molecular formula is C19H30N4O2. The summed E-state index contributed by atoms with van der Waals surface area (Å²) in [6.45, 7) is 6.08. The molecule has 0 unspecified atom stereocenters. The highest BCUT2D eigenvalue weighted by Crippen LogP contribution is 2.32. The van der Waals surface area contributed by atoms with Crippen LogP contribution < -0.4 is 10.6 Å². The molecule has 1 aromatic carbocycles. The van der Waals surface area contributed by atoms with Crippen molar-refractivity contribution in [3.05, 3.63) is 29.8 Å². The third-order valence-electron chi connectivity index (χ3n) is 4.73. The third kappa shape index (κ3) is 4.95. The van der Waals surface area contributed by atoms with Crippen LogP contribution in [-0.2, 0) is 0 Å². The Morgan fingerprint density at radius 1 is 1.16 bits per heavy atom. The molecule has 0 atom stereocenters. The Bertz CT molecular complexity index is 607. The highest BCUT2D eigenvalue weighted by molar-refractivity contribution is 5.97. The van der Waals surface area contributed by atoms with Crippen molar-refractivity contribution in [3.63, 3.8) is 0 Å². The Morgan fingerprint density at radius 2 is 1.84 bits per heavy atom. The predicted octanol–water partition coefficient (Wildman–Crippen LogP) is 2.77. The number of anilines is 1. The van der Waals surface area contributed by atoms with E-state index in [1.54, 1.807) is 29.2 Å². The van der Waals surface area contributed by atoms with Crippen LogP contribution in [0, 0.1) is 0 Å². The molecular weight excluding hydrogens is 316 g/mol. The molecule has 0 aliphatic heterocycles. The van der Waals surface area contributed by atoms with E-state index in [1.807, 2.05) is 27.9 Å². The van der Waals surface area contributed by atoms with Gasteiger partial charge in [0.1, 0.15) is 0 Å². The van der Waals surface area contributed by atoms with Crippen LogP contribution >= 0.6 is 0 Å². The molecule has 1 fully saturated rings. The van der Waals surface area contributed by atoms with Crippen LogP contribution in [0.15, 0.2) is 24.3 Å². The zero-order chi connectivity index (χ0) is 18.4. The highest BCUT2D eigenvalue weighted by Gasteiger charge is 2.38. The van der Waals surface area contributed by atoms with Gasteiger partial charge in [0.05, 0.1) is 5.54 Å². The van der Waals surface area contributed by atoms with Crippen molar-refractivity contribution in [3.8, 4) is 0 Å². The molecule has 1 aliphatic rings. The Kier molecular flexibility index (Phi) is 6.42. The zero-order valence-electron chi connectivity index (χ0n) is 15.8. The minimum atomic E-state index is -0.214. The smallest absolute Gasteiger partial charge is 0.319 e. The van der Waals surface area contributed by atoms with Crippen LogP contribution in [0.1, 0.15) is 43.5 Å². The fraction of sp³-hybridized carbons (Fsp3) is 0.579. The van der Waals surface area contributed by atoms with E-state index in [0.29, 0.717) is 24.3 Å². The first-order chi connectivity index (χ1) is 11.9. The molecule has 6 nitrogen and oxygen atoms in total. The number of nitrogens with zero attached hydrogens (tertiary/aromatic N) is 2. The molecule has 25 heavy (non-hydrogen) atoms. The van der Waals surface area contributed by atoms with Gasteiger partial charge in [-0.05, 0) is 65.4 Å². The standard InChI is InChI=1S/C19H30N4O2/c1-5-23(6-2)17(24)15-9-7-10-16(13-15)20-18(25)21-19(11-8-12-19)14-22(3)4/h7,9-10,13H,5-6,8,11-12,14H2,1-4H3,(H2,20,21,25). The van der Waals surface area contributed by atoms with Crippen LogP contribution in [0.2, 0.25) is 0 Å². The van der Waals surface area contributed by atoms with Crippen molar-refractivity contribution in [2.24, 2.45) is 0 Å². The van der Waals surface area contributed by atoms with Crippen LogP contribution in [0.4, 0.5) is 10.5 Å². The van der Waals surface area contributed by atoms with Gasteiger partial charge in [0.2, 0.25) is 0 Å². The first-order valence-electron chi connectivity index (χ1n) is 9.02. The molecule has 0 heterocycles. The SMILES string of the molecule is CCN(CC)C(=O)c1cccc(NC(=O)NC2(CN(C)C)CCC2)c1. The fourth-order valence-electron chi connectivity index (χ4n) is 3.36. The van der Waals surface area contributed by atoms with Gasteiger partial charge in [0, 0.05) is 30.9 Å². The van der Waals surface area contributed by atoms with Gasteiger partial charge in [-0.25, -0.2) is 4.79 Å². The van der Waals surface area contributed by atoms with Crippen LogP contribution in [0.3, 0.4) is 0 Å². The second-order valence-electron chi connectivity index (χ2n) is 7.01. The summed E-state index contributed by atoms with van der Waals surface area (Å²) in [5, 5.41) is 5.99. The van der Waals surface area contributed by atoms with Crippen molar-refractivity contribution < 1.29 is 9.59 Å². The Hall–Kier alpha value is -2.08. The van der Waals surface area contributed by atoms with E-state index in [1.165, 1.54) is 0 Å². The number of nitrogens with one attached hydrogen (secondary N) is 2. The molecule has 1 saturated carbocycles. The van der Waals surface area contributed by atoms with Gasteiger partial charge < -0.3 is 20.4 Å². The van der Waals surface area contributed by atoms with E-state index in [9.17, 15) is 9.59 Å². The van der Waals surface area contributed by atoms with Crippen LogP contribution in [0.25, 0.3) is 0 Å². The van der Waals surface area contributed by atoms with Crippen molar-refractivity contribution in [2.45, 2.75) is 38.6 Å². The van der Waals surface area contributed by atoms with Gasteiger partial charge in [0.15, 0.2) is 0 Å². The van der Waals surface area contributed by atoms with Crippen LogP contribution in [0.5, 0.6) is 0 Å². The summed E-state index contributed by atoms with van der Waals surface area (Å²) in [4.78, 5) is 28.7. The molecule has 0 saturated heterocycles. The number of urea groups is 1. The molecule has 0 aromatic heterocycles. The number of hydrogen-bond donors (Lipinski definition) is 2. The van der Waals surface area contributed by atoms with E-state index in [0.717, 1.165) is 25.8 Å². The maximum absolute atomic E-state index is 12.4. The maximum Gasteiger partial charge on any atom is 0.319 e. The third-order valence-corrected chi connectivity index (χ3v) is 4.73. The van der Waals surface area contributed by atoms with Gasteiger partial charge in [0.25, 0.3) is 5.91 Å². The summed E-state index contributed by atoms with van der Waals surface area (Å²) in [7, 11) is 4.03. The lowest BCUT2D eigenvalue weighted by atomic mass is 9.76. The number of benzene rings is 1. The minimum Gasteiger partial charge on any atom is -0.339 e. The summed E-state index contributed by atoms with van der Waals surface area (Å²) in [5.41, 5.74) is 1.09.